The zero-order valence-electron chi connectivity index (χ0n) is 16.2. The number of methoxy groups -OCH3 is 1. The van der Waals surface area contributed by atoms with E-state index in [4.69, 9.17) is 4.74 Å². The van der Waals surface area contributed by atoms with Crippen molar-refractivity contribution in [1.29, 1.82) is 0 Å². The summed E-state index contributed by atoms with van der Waals surface area (Å²) in [6.45, 7) is 2.42. The van der Waals surface area contributed by atoms with Crippen LogP contribution < -0.4 is 9.46 Å². The van der Waals surface area contributed by atoms with Crippen molar-refractivity contribution < 1.29 is 26.0 Å². The predicted molar refractivity (Wildman–Crippen MR) is 108 cm³/mol. The Balaban J connectivity index is 1.84. The molecule has 0 saturated heterocycles. The highest BCUT2D eigenvalue weighted by molar-refractivity contribution is 7.92. The molecule has 3 rings (SSSR count). The molecule has 0 spiro atoms. The second-order valence-electron chi connectivity index (χ2n) is 6.78. The van der Waals surface area contributed by atoms with Crippen LogP contribution in [0.1, 0.15) is 24.5 Å². The number of fused-ring (bicyclic) bond motifs is 1. The zero-order valence-corrected chi connectivity index (χ0v) is 17.8. The molecule has 0 amide bonds. The van der Waals surface area contributed by atoms with Crippen molar-refractivity contribution in [1.82, 2.24) is 4.31 Å². The summed E-state index contributed by atoms with van der Waals surface area (Å²) in [5.74, 6) is -0.749. The van der Waals surface area contributed by atoms with E-state index in [1.165, 1.54) is 23.5 Å². The van der Waals surface area contributed by atoms with Gasteiger partial charge in [0, 0.05) is 18.8 Å². The fourth-order valence-electron chi connectivity index (χ4n) is 3.25. The lowest BCUT2D eigenvalue weighted by molar-refractivity contribution is 0.385. The Morgan fingerprint density at radius 2 is 1.86 bits per heavy atom. The topological polar surface area (TPSA) is 92.8 Å². The van der Waals surface area contributed by atoms with Crippen LogP contribution in [0.2, 0.25) is 0 Å². The molecule has 10 heteroatoms. The Bertz CT molecular complexity index is 1120. The van der Waals surface area contributed by atoms with Crippen molar-refractivity contribution in [3.8, 4) is 5.75 Å². The quantitative estimate of drug-likeness (QED) is 0.712. The second kappa shape index (κ2) is 8.29. The van der Waals surface area contributed by atoms with Crippen LogP contribution in [-0.4, -0.2) is 40.5 Å². The van der Waals surface area contributed by atoms with Crippen molar-refractivity contribution in [2.75, 3.05) is 24.1 Å². The third-order valence-electron chi connectivity index (χ3n) is 4.72. The van der Waals surface area contributed by atoms with Crippen LogP contribution in [0.3, 0.4) is 0 Å². The summed E-state index contributed by atoms with van der Waals surface area (Å²) >= 11 is 0. The molecule has 0 aliphatic carbocycles. The van der Waals surface area contributed by atoms with E-state index in [0.29, 0.717) is 19.4 Å². The molecule has 0 unspecified atom stereocenters. The minimum absolute atomic E-state index is 0.0499. The third kappa shape index (κ3) is 4.71. The maximum Gasteiger partial charge on any atom is 0.262 e. The van der Waals surface area contributed by atoms with Crippen molar-refractivity contribution in [2.45, 2.75) is 31.2 Å². The molecule has 0 saturated carbocycles. The lowest BCUT2D eigenvalue weighted by atomic mass is 10.0. The summed E-state index contributed by atoms with van der Waals surface area (Å²) in [6.07, 6.45) is 1.10. The molecule has 2 aromatic carbocycles. The number of sulfonamides is 2. The third-order valence-corrected chi connectivity index (χ3v) is 8.13. The first kappa shape index (κ1) is 21.5. The van der Waals surface area contributed by atoms with E-state index < -0.39 is 25.9 Å². The van der Waals surface area contributed by atoms with Crippen molar-refractivity contribution >= 4 is 25.7 Å². The molecule has 1 aliphatic rings. The van der Waals surface area contributed by atoms with Crippen LogP contribution in [0.5, 0.6) is 5.75 Å². The summed E-state index contributed by atoms with van der Waals surface area (Å²) < 4.78 is 72.4. The molecule has 0 fully saturated rings. The number of halogens is 1. The molecule has 0 atom stereocenters. The Morgan fingerprint density at radius 1 is 1.10 bits per heavy atom. The first-order valence-corrected chi connectivity index (χ1v) is 12.2. The smallest absolute Gasteiger partial charge is 0.262 e. The van der Waals surface area contributed by atoms with Crippen LogP contribution in [0.4, 0.5) is 10.1 Å². The Labute approximate surface area is 170 Å². The lowest BCUT2D eigenvalue weighted by Crippen LogP contribution is -2.37. The molecule has 1 heterocycles. The summed E-state index contributed by atoms with van der Waals surface area (Å²) in [5, 5.41) is 0. The monoisotopic (exact) mass is 442 g/mol. The largest absolute Gasteiger partial charge is 0.494 e. The van der Waals surface area contributed by atoms with Gasteiger partial charge in [0.05, 0.1) is 17.8 Å². The second-order valence-corrected chi connectivity index (χ2v) is 10.6. The number of nitrogens with zero attached hydrogens (tertiary/aromatic N) is 1. The molecule has 0 aromatic heterocycles. The van der Waals surface area contributed by atoms with Gasteiger partial charge in [-0.1, -0.05) is 13.0 Å². The van der Waals surface area contributed by atoms with Crippen LogP contribution in [0.15, 0.2) is 41.3 Å². The average Bonchev–Trinajstić information content (AvgIpc) is 2.67. The normalized spacial score (nSPS) is 15.0. The van der Waals surface area contributed by atoms with Crippen LogP contribution in [-0.2, 0) is 33.0 Å². The molecule has 1 aliphatic heterocycles. The number of hydrogen-bond donors (Lipinski definition) is 1. The van der Waals surface area contributed by atoms with Crippen LogP contribution in [0.25, 0.3) is 0 Å². The van der Waals surface area contributed by atoms with Gasteiger partial charge in [-0.05, 0) is 54.3 Å². The molecule has 2 aromatic rings. The van der Waals surface area contributed by atoms with E-state index in [1.54, 1.807) is 18.2 Å². The van der Waals surface area contributed by atoms with E-state index in [9.17, 15) is 21.2 Å². The highest BCUT2D eigenvalue weighted by Gasteiger charge is 2.26. The molecular weight excluding hydrogens is 419 g/mol. The summed E-state index contributed by atoms with van der Waals surface area (Å²) in [5.41, 5.74) is 2.01. The van der Waals surface area contributed by atoms with Gasteiger partial charge in [0.15, 0.2) is 11.6 Å². The minimum Gasteiger partial charge on any atom is -0.494 e. The fraction of sp³-hybridized carbons (Fsp3) is 0.368. The van der Waals surface area contributed by atoms with Gasteiger partial charge in [0.1, 0.15) is 0 Å². The maximum atomic E-state index is 13.9. The molecule has 29 heavy (non-hydrogen) atoms. The zero-order chi connectivity index (χ0) is 21.2. The van der Waals surface area contributed by atoms with Gasteiger partial charge in [0.25, 0.3) is 10.0 Å². The highest BCUT2D eigenvalue weighted by Crippen LogP contribution is 2.27. The number of nitrogens with one attached hydrogen (secondary N) is 1. The van der Waals surface area contributed by atoms with Gasteiger partial charge < -0.3 is 4.74 Å². The van der Waals surface area contributed by atoms with E-state index in [1.807, 2.05) is 6.92 Å². The molecule has 158 valence electrons. The van der Waals surface area contributed by atoms with Gasteiger partial charge in [-0.3, -0.25) is 4.72 Å². The number of anilines is 1. The molecule has 0 bridgehead atoms. The Kier molecular flexibility index (Phi) is 6.16. The van der Waals surface area contributed by atoms with Crippen LogP contribution >= 0.6 is 0 Å². The Hall–Kier alpha value is -2.17. The first-order valence-electron chi connectivity index (χ1n) is 9.12. The molecule has 1 N–H and O–H groups in total. The fourth-order valence-corrected chi connectivity index (χ4v) is 5.79. The van der Waals surface area contributed by atoms with Gasteiger partial charge >= 0.3 is 0 Å². The van der Waals surface area contributed by atoms with Crippen LogP contribution in [0, 0.1) is 5.82 Å². The standard InChI is InChI=1S/C19H23FN2O5S2/c1-3-10-28(23,24)22-9-8-14-4-5-16(11-15(14)13-22)21-29(25,26)17-6-7-19(27-2)18(20)12-17/h4-7,11-12,21H,3,8-10,13H2,1-2H3. The first-order chi connectivity index (χ1) is 13.7. The summed E-state index contributed by atoms with van der Waals surface area (Å²) in [4.78, 5) is -0.235. The van der Waals surface area contributed by atoms with E-state index >= 15 is 0 Å². The van der Waals surface area contributed by atoms with Crippen molar-refractivity contribution in [3.05, 3.63) is 53.3 Å². The highest BCUT2D eigenvalue weighted by atomic mass is 32.2. The van der Waals surface area contributed by atoms with Gasteiger partial charge in [0.2, 0.25) is 10.0 Å². The van der Waals surface area contributed by atoms with E-state index in [-0.39, 0.29) is 28.6 Å². The predicted octanol–water partition coefficient (Wildman–Crippen LogP) is 2.73. The molecule has 7 nitrogen and oxygen atoms in total. The maximum absolute atomic E-state index is 13.9. The van der Waals surface area contributed by atoms with Gasteiger partial charge in [-0.2, -0.15) is 4.31 Å². The number of hydrogen-bond acceptors (Lipinski definition) is 5. The summed E-state index contributed by atoms with van der Waals surface area (Å²) in [6, 6.07) is 8.41. The van der Waals surface area contributed by atoms with Crippen molar-refractivity contribution in [3.63, 3.8) is 0 Å². The minimum atomic E-state index is -4.02. The summed E-state index contributed by atoms with van der Waals surface area (Å²) in [7, 11) is -6.06. The average molecular weight is 443 g/mol. The molecular formula is C19H23FN2O5S2. The number of ether oxygens (including phenoxy) is 1. The molecule has 0 radical (unpaired) electrons. The van der Waals surface area contributed by atoms with Crippen molar-refractivity contribution in [2.24, 2.45) is 0 Å². The SMILES string of the molecule is CCCS(=O)(=O)N1CCc2ccc(NS(=O)(=O)c3ccc(OC)c(F)c3)cc2C1. The van der Waals surface area contributed by atoms with Gasteiger partial charge in [-0.25, -0.2) is 21.2 Å². The number of rotatable bonds is 7. The van der Waals surface area contributed by atoms with E-state index in [0.717, 1.165) is 17.2 Å². The Morgan fingerprint density at radius 3 is 2.52 bits per heavy atom. The van der Waals surface area contributed by atoms with Gasteiger partial charge in [-0.15, -0.1) is 0 Å². The lowest BCUT2D eigenvalue weighted by Gasteiger charge is -2.28. The number of benzene rings is 2. The van der Waals surface area contributed by atoms with E-state index in [2.05, 4.69) is 4.72 Å².